The van der Waals surface area contributed by atoms with Crippen molar-refractivity contribution in [3.8, 4) is 6.07 Å². The minimum Gasteiger partial charge on any atom is -0.311 e. The second-order valence-electron chi connectivity index (χ2n) is 18.2. The van der Waals surface area contributed by atoms with E-state index >= 15 is 0 Å². The molecule has 2 aliphatic rings. The van der Waals surface area contributed by atoms with Crippen LogP contribution in [0.1, 0.15) is 82.3 Å². The fourth-order valence-corrected chi connectivity index (χ4v) is 14.9. The van der Waals surface area contributed by atoms with Crippen molar-refractivity contribution in [3.05, 3.63) is 204 Å². The quantitative estimate of drug-likeness (QED) is 0.0818. The van der Waals surface area contributed by atoms with E-state index in [4.69, 9.17) is 11.8 Å². The monoisotopic (exact) mass is 898 g/mol. The average molecular weight is 899 g/mol. The molecule has 0 unspecified atom stereocenters. The minimum atomic E-state index is -0.979. The third-order valence-corrected chi connectivity index (χ3v) is 17.5. The summed E-state index contributed by atoms with van der Waals surface area (Å²) in [7, 11) is -1.96. The van der Waals surface area contributed by atoms with E-state index in [0.29, 0.717) is 12.1 Å². The molecule has 0 aromatic heterocycles. The van der Waals surface area contributed by atoms with Gasteiger partial charge in [0.05, 0.1) is 67.5 Å². The summed E-state index contributed by atoms with van der Waals surface area (Å²) in [5, 5.41) is 21.9. The van der Waals surface area contributed by atoms with Crippen molar-refractivity contribution in [2.24, 2.45) is 5.41 Å². The molecule has 0 aliphatic carbocycles. The van der Waals surface area contributed by atoms with E-state index in [-0.39, 0.29) is 40.1 Å². The summed E-state index contributed by atoms with van der Waals surface area (Å²) in [6.45, 7) is 18.8. The summed E-state index contributed by atoms with van der Waals surface area (Å²) in [6, 6.07) is 66.4. The van der Waals surface area contributed by atoms with Gasteiger partial charge in [-0.25, -0.2) is 6.57 Å². The maximum atomic E-state index is 7.32. The van der Waals surface area contributed by atoms with Crippen molar-refractivity contribution in [1.29, 1.82) is 5.26 Å². The molecular formula is C55H64FeN4P2+5. The Morgan fingerprint density at radius 1 is 0.548 bits per heavy atom. The third-order valence-electron chi connectivity index (χ3n) is 11.5. The number of nitriles is 1. The fraction of sp³-hybridized carbons (Fsp3) is 0.309. The Hall–Kier alpha value is -4.40. The van der Waals surface area contributed by atoms with Crippen LogP contribution in [0.4, 0.5) is 0 Å². The maximum Gasteiger partial charge on any atom is 3.00 e. The molecule has 1 radical (unpaired) electrons. The van der Waals surface area contributed by atoms with Crippen LogP contribution >= 0.6 is 15.8 Å². The first kappa shape index (κ1) is 48.6. The average Bonchev–Trinajstić information content (AvgIpc) is 3.28. The molecule has 4 nitrogen and oxygen atoms in total. The zero-order chi connectivity index (χ0) is 43.2. The van der Waals surface area contributed by atoms with E-state index in [1.165, 1.54) is 50.4 Å². The first-order valence-electron chi connectivity index (χ1n) is 21.8. The van der Waals surface area contributed by atoms with Crippen molar-refractivity contribution in [1.82, 2.24) is 10.6 Å². The Balaban J connectivity index is 0.000000455. The van der Waals surface area contributed by atoms with E-state index in [1.54, 1.807) is 6.07 Å². The molecule has 0 fully saturated rings. The predicted octanol–water partition coefficient (Wildman–Crippen LogP) is 10.9. The second kappa shape index (κ2) is 23.3. The van der Waals surface area contributed by atoms with Crippen LogP contribution in [-0.2, 0) is 29.9 Å². The van der Waals surface area contributed by atoms with Gasteiger partial charge in [-0.05, 0) is 89.0 Å². The van der Waals surface area contributed by atoms with Crippen LogP contribution in [0.5, 0.6) is 0 Å². The van der Waals surface area contributed by atoms with Gasteiger partial charge in [0.2, 0.25) is 5.54 Å². The van der Waals surface area contributed by atoms with Gasteiger partial charge in [0.15, 0.2) is 0 Å². The van der Waals surface area contributed by atoms with Crippen molar-refractivity contribution < 1.29 is 17.1 Å². The van der Waals surface area contributed by atoms with E-state index in [9.17, 15) is 0 Å². The van der Waals surface area contributed by atoms with Crippen LogP contribution < -0.4 is 31.9 Å². The molecule has 2 heterocycles. The van der Waals surface area contributed by atoms with Gasteiger partial charge >= 0.3 is 17.1 Å². The van der Waals surface area contributed by atoms with Crippen LogP contribution in [-0.4, -0.2) is 29.9 Å². The minimum absolute atomic E-state index is 0. The second-order valence-corrected chi connectivity index (χ2v) is 23.2. The van der Waals surface area contributed by atoms with Gasteiger partial charge in [-0.2, -0.15) is 5.26 Å². The zero-order valence-corrected chi connectivity index (χ0v) is 40.4. The predicted molar refractivity (Wildman–Crippen MR) is 266 cm³/mol. The van der Waals surface area contributed by atoms with Crippen LogP contribution in [0.15, 0.2) is 170 Å². The number of nitrogens with one attached hydrogen (secondary N) is 2. The van der Waals surface area contributed by atoms with Crippen molar-refractivity contribution in [2.75, 3.05) is 12.3 Å². The smallest absolute Gasteiger partial charge is 0.311 e. The Bertz CT molecular complexity index is 2120. The SMILES string of the molecule is CC#N.[C-]#[N+]C(C)(C)CC(C)(C)C.[Fe+3].c1ccc([PH+](C[C@@H]2Cc3ccccc3[C@@H]([C@H]3N[C@H](C[PH+](c4ccccc4)c4ccccc4)Cc4ccccc43)N2)c2ccccc2)cc1. The molecule has 0 spiro atoms. The van der Waals surface area contributed by atoms with Gasteiger partial charge in [0.25, 0.3) is 0 Å². The van der Waals surface area contributed by atoms with E-state index in [2.05, 4.69) is 206 Å². The number of fused-ring (bicyclic) bond motifs is 2. The van der Waals surface area contributed by atoms with Crippen LogP contribution in [0.25, 0.3) is 4.85 Å². The van der Waals surface area contributed by atoms with Gasteiger partial charge in [-0.15, -0.1) is 0 Å². The van der Waals surface area contributed by atoms with E-state index < -0.39 is 15.8 Å². The van der Waals surface area contributed by atoms with E-state index in [1.807, 2.05) is 13.8 Å². The summed E-state index contributed by atoms with van der Waals surface area (Å²) in [5.74, 6) is 0. The standard InChI is InChI=1S/C44H42N2P2.C9H17N.C2H3N.Fe/c1-5-19-37(20-6-1)47(38-21-7-2-8-22-38)31-35-29-33-17-13-15-27-41(33)43(45-35)44-42-28-16-14-18-34(42)30-36(46-44)32-48(39-23-9-3-10-24-39)40-25-11-4-12-26-40;1-8(2,3)7-9(4,5)10-6;1-2-3;/h1-28,35-36,43-46H,29-32H2;7H2,1-5H3;1H3;/q;;;+3/p+2/t35-,36-,43-,44-;;;/m0.../s1. The maximum absolute atomic E-state index is 7.32. The molecule has 7 heteroatoms. The number of nitrogens with zero attached hydrogens (tertiary/aromatic N) is 2. The third kappa shape index (κ3) is 13.6. The number of rotatable bonds is 10. The van der Waals surface area contributed by atoms with Gasteiger partial charge in [-0.3, -0.25) is 0 Å². The summed E-state index contributed by atoms with van der Waals surface area (Å²) in [6.07, 6.45) is 5.39. The normalized spacial score (nSPS) is 17.9. The first-order valence-corrected chi connectivity index (χ1v) is 25.2. The topological polar surface area (TPSA) is 52.2 Å². The summed E-state index contributed by atoms with van der Waals surface area (Å²) in [5.41, 5.74) is 5.98. The molecule has 6 aromatic carbocycles. The molecule has 0 saturated carbocycles. The summed E-state index contributed by atoms with van der Waals surface area (Å²) in [4.78, 5) is 3.56. The molecule has 4 atom stereocenters. The molecule has 0 bridgehead atoms. The van der Waals surface area contributed by atoms with Crippen LogP contribution in [0.3, 0.4) is 0 Å². The molecular weight excluding hydrogens is 834 g/mol. The first-order chi connectivity index (χ1) is 29.5. The molecule has 2 aliphatic heterocycles. The Kier molecular flexibility index (Phi) is 18.3. The number of hydrogen-bond acceptors (Lipinski definition) is 3. The zero-order valence-electron chi connectivity index (χ0n) is 37.3. The number of benzene rings is 6. The van der Waals surface area contributed by atoms with Gasteiger partial charge in [0.1, 0.15) is 0 Å². The molecule has 62 heavy (non-hydrogen) atoms. The molecule has 317 valence electrons. The summed E-state index contributed by atoms with van der Waals surface area (Å²) < 4.78 is 0. The van der Waals surface area contributed by atoms with Crippen LogP contribution in [0, 0.1) is 23.3 Å². The van der Waals surface area contributed by atoms with Crippen LogP contribution in [0.2, 0.25) is 0 Å². The van der Waals surface area contributed by atoms with Crippen molar-refractivity contribution >= 4 is 37.1 Å². The van der Waals surface area contributed by atoms with Gasteiger partial charge < -0.3 is 15.5 Å². The van der Waals surface area contributed by atoms with Crippen molar-refractivity contribution in [2.45, 2.75) is 90.5 Å². The largest absolute Gasteiger partial charge is 3.00 e. The molecule has 0 saturated heterocycles. The Morgan fingerprint density at radius 3 is 1.11 bits per heavy atom. The van der Waals surface area contributed by atoms with Crippen molar-refractivity contribution in [3.63, 3.8) is 0 Å². The van der Waals surface area contributed by atoms with E-state index in [0.717, 1.165) is 31.6 Å². The summed E-state index contributed by atoms with van der Waals surface area (Å²) >= 11 is 0. The fourth-order valence-electron chi connectivity index (χ4n) is 9.39. The van der Waals surface area contributed by atoms with Gasteiger partial charge in [0, 0.05) is 39.3 Å². The Labute approximate surface area is 385 Å². The molecule has 6 aromatic rings. The molecule has 0 amide bonds. The molecule has 8 rings (SSSR count). The molecule has 2 N–H and O–H groups in total. The number of hydrogen-bond donors (Lipinski definition) is 2. The van der Waals surface area contributed by atoms with Gasteiger partial charge in [-0.1, -0.05) is 142 Å². The Morgan fingerprint density at radius 2 is 0.839 bits per heavy atom.